The van der Waals surface area contributed by atoms with Gasteiger partial charge in [0.05, 0.1) is 12.2 Å². The van der Waals surface area contributed by atoms with Crippen LogP contribution >= 0.6 is 0 Å². The molecule has 15 heavy (non-hydrogen) atoms. The van der Waals surface area contributed by atoms with Crippen LogP contribution in [-0.2, 0) is 4.74 Å². The van der Waals surface area contributed by atoms with Gasteiger partial charge in [0.1, 0.15) is 0 Å². The van der Waals surface area contributed by atoms with E-state index in [-0.39, 0.29) is 0 Å². The van der Waals surface area contributed by atoms with Gasteiger partial charge in [-0.3, -0.25) is 4.90 Å². The molecule has 0 spiro atoms. The van der Waals surface area contributed by atoms with Crippen LogP contribution in [0.2, 0.25) is 0 Å². The third kappa shape index (κ3) is 4.09. The Bertz CT molecular complexity index is 174. The molecule has 0 radical (unpaired) electrons. The van der Waals surface area contributed by atoms with Gasteiger partial charge in [-0.05, 0) is 32.2 Å². The molecule has 2 N–H and O–H groups in total. The summed E-state index contributed by atoms with van der Waals surface area (Å²) in [7, 11) is 0. The van der Waals surface area contributed by atoms with E-state index in [4.69, 9.17) is 10.5 Å². The second kappa shape index (κ2) is 5.83. The Morgan fingerprint density at radius 3 is 2.20 bits per heavy atom. The quantitative estimate of drug-likeness (QED) is 0.767. The topological polar surface area (TPSA) is 38.5 Å². The summed E-state index contributed by atoms with van der Waals surface area (Å²) in [5.74, 6) is 1.28. The van der Waals surface area contributed by atoms with E-state index in [1.807, 2.05) is 0 Å². The zero-order valence-corrected chi connectivity index (χ0v) is 10.6. The maximum absolute atomic E-state index is 5.80. The highest BCUT2D eigenvalue weighted by atomic mass is 16.5. The normalized spacial score (nSPS) is 30.8. The van der Waals surface area contributed by atoms with Crippen molar-refractivity contribution in [1.82, 2.24) is 4.90 Å². The maximum Gasteiger partial charge on any atom is 0.0678 e. The maximum atomic E-state index is 5.80. The van der Waals surface area contributed by atoms with Crippen LogP contribution in [-0.4, -0.2) is 43.3 Å². The third-order valence-electron chi connectivity index (χ3n) is 3.23. The van der Waals surface area contributed by atoms with Crippen LogP contribution in [0.5, 0.6) is 0 Å². The lowest BCUT2D eigenvalue weighted by Gasteiger charge is -2.37. The van der Waals surface area contributed by atoms with Gasteiger partial charge in [0, 0.05) is 19.6 Å². The Kier molecular flexibility index (Phi) is 5.03. The molecule has 3 nitrogen and oxygen atoms in total. The Labute approximate surface area is 94.0 Å². The predicted octanol–water partition coefficient (Wildman–Crippen LogP) is 1.33. The minimum absolute atomic E-state index is 0.360. The minimum atomic E-state index is 0.360. The zero-order valence-electron chi connectivity index (χ0n) is 10.6. The van der Waals surface area contributed by atoms with Gasteiger partial charge in [0.15, 0.2) is 0 Å². The van der Waals surface area contributed by atoms with Crippen LogP contribution in [0.3, 0.4) is 0 Å². The molecule has 1 fully saturated rings. The predicted molar refractivity (Wildman–Crippen MR) is 63.8 cm³/mol. The molecule has 1 rings (SSSR count). The van der Waals surface area contributed by atoms with Crippen molar-refractivity contribution in [2.24, 2.45) is 17.6 Å². The molecular weight excluding hydrogens is 188 g/mol. The van der Waals surface area contributed by atoms with Gasteiger partial charge < -0.3 is 10.5 Å². The molecule has 1 aliphatic rings. The monoisotopic (exact) mass is 214 g/mol. The SMILES string of the molecule is CC(C)C(CN)CN1C[C@@H](C)O[C@@H](C)C1. The molecule has 1 unspecified atom stereocenters. The molecule has 0 aromatic carbocycles. The van der Waals surface area contributed by atoms with Crippen molar-refractivity contribution in [3.8, 4) is 0 Å². The van der Waals surface area contributed by atoms with E-state index in [9.17, 15) is 0 Å². The molecule has 1 saturated heterocycles. The van der Waals surface area contributed by atoms with Crippen molar-refractivity contribution in [2.75, 3.05) is 26.2 Å². The van der Waals surface area contributed by atoms with Crippen molar-refractivity contribution in [1.29, 1.82) is 0 Å². The number of rotatable bonds is 4. The van der Waals surface area contributed by atoms with Crippen molar-refractivity contribution in [3.63, 3.8) is 0 Å². The van der Waals surface area contributed by atoms with E-state index in [1.165, 1.54) is 0 Å². The first-order valence-electron chi connectivity index (χ1n) is 6.10. The van der Waals surface area contributed by atoms with E-state index in [0.717, 1.165) is 26.2 Å². The summed E-state index contributed by atoms with van der Waals surface area (Å²) in [6.07, 6.45) is 0.721. The molecular formula is C12H26N2O. The Hall–Kier alpha value is -0.120. The molecule has 0 aliphatic carbocycles. The van der Waals surface area contributed by atoms with E-state index >= 15 is 0 Å². The van der Waals surface area contributed by atoms with Crippen LogP contribution in [0.4, 0.5) is 0 Å². The fraction of sp³-hybridized carbons (Fsp3) is 1.00. The second-order valence-corrected chi connectivity index (χ2v) is 5.22. The van der Waals surface area contributed by atoms with E-state index in [1.54, 1.807) is 0 Å². The number of nitrogens with zero attached hydrogens (tertiary/aromatic N) is 1. The van der Waals surface area contributed by atoms with Crippen LogP contribution in [0.15, 0.2) is 0 Å². The summed E-state index contributed by atoms with van der Waals surface area (Å²) in [6.45, 7) is 12.8. The van der Waals surface area contributed by atoms with Gasteiger partial charge in [-0.25, -0.2) is 0 Å². The van der Waals surface area contributed by atoms with E-state index in [2.05, 4.69) is 32.6 Å². The molecule has 3 atom stereocenters. The lowest BCUT2D eigenvalue weighted by atomic mass is 9.95. The highest BCUT2D eigenvalue weighted by Gasteiger charge is 2.24. The van der Waals surface area contributed by atoms with Gasteiger partial charge >= 0.3 is 0 Å². The number of morpholine rings is 1. The van der Waals surface area contributed by atoms with Crippen LogP contribution < -0.4 is 5.73 Å². The van der Waals surface area contributed by atoms with E-state index in [0.29, 0.717) is 24.0 Å². The lowest BCUT2D eigenvalue weighted by Crippen LogP contribution is -2.48. The first-order chi connectivity index (χ1) is 7.02. The number of ether oxygens (including phenoxy) is 1. The molecule has 1 heterocycles. The van der Waals surface area contributed by atoms with Gasteiger partial charge in [0.25, 0.3) is 0 Å². The Balaban J connectivity index is 2.42. The smallest absolute Gasteiger partial charge is 0.0678 e. The number of hydrogen-bond donors (Lipinski definition) is 1. The first kappa shape index (κ1) is 12.9. The van der Waals surface area contributed by atoms with Crippen LogP contribution in [0.1, 0.15) is 27.7 Å². The van der Waals surface area contributed by atoms with E-state index < -0.39 is 0 Å². The fourth-order valence-corrected chi connectivity index (χ4v) is 2.32. The standard InChI is InChI=1S/C12H26N2O/c1-9(2)12(5-13)8-14-6-10(3)15-11(4)7-14/h9-12H,5-8,13H2,1-4H3/t10-,11+,12?. The van der Waals surface area contributed by atoms with Crippen molar-refractivity contribution in [3.05, 3.63) is 0 Å². The molecule has 1 aliphatic heterocycles. The molecule has 0 amide bonds. The third-order valence-corrected chi connectivity index (χ3v) is 3.23. The van der Waals surface area contributed by atoms with Crippen LogP contribution in [0.25, 0.3) is 0 Å². The summed E-state index contributed by atoms with van der Waals surface area (Å²) in [4.78, 5) is 2.50. The average molecular weight is 214 g/mol. The van der Waals surface area contributed by atoms with Crippen molar-refractivity contribution >= 4 is 0 Å². The Morgan fingerprint density at radius 2 is 1.80 bits per heavy atom. The highest BCUT2D eigenvalue weighted by Crippen LogP contribution is 2.16. The average Bonchev–Trinajstić information content (AvgIpc) is 2.12. The molecule has 0 saturated carbocycles. The zero-order chi connectivity index (χ0) is 11.4. The van der Waals surface area contributed by atoms with Gasteiger partial charge in [-0.2, -0.15) is 0 Å². The second-order valence-electron chi connectivity index (χ2n) is 5.22. The molecule has 90 valence electrons. The minimum Gasteiger partial charge on any atom is -0.373 e. The largest absolute Gasteiger partial charge is 0.373 e. The molecule has 0 aromatic heterocycles. The molecule has 0 aromatic rings. The lowest BCUT2D eigenvalue weighted by molar-refractivity contribution is -0.0725. The summed E-state index contributed by atoms with van der Waals surface area (Å²) in [5.41, 5.74) is 5.80. The van der Waals surface area contributed by atoms with Crippen molar-refractivity contribution in [2.45, 2.75) is 39.9 Å². The van der Waals surface area contributed by atoms with Crippen LogP contribution in [0, 0.1) is 11.8 Å². The van der Waals surface area contributed by atoms with Crippen molar-refractivity contribution < 1.29 is 4.74 Å². The number of hydrogen-bond acceptors (Lipinski definition) is 3. The fourth-order valence-electron chi connectivity index (χ4n) is 2.32. The molecule has 0 bridgehead atoms. The highest BCUT2D eigenvalue weighted by molar-refractivity contribution is 4.77. The summed E-state index contributed by atoms with van der Waals surface area (Å²) < 4.78 is 5.72. The summed E-state index contributed by atoms with van der Waals surface area (Å²) in [6, 6.07) is 0. The molecule has 3 heteroatoms. The summed E-state index contributed by atoms with van der Waals surface area (Å²) in [5, 5.41) is 0. The van der Waals surface area contributed by atoms with Gasteiger partial charge in [-0.15, -0.1) is 0 Å². The van der Waals surface area contributed by atoms with Gasteiger partial charge in [0.2, 0.25) is 0 Å². The van der Waals surface area contributed by atoms with Gasteiger partial charge in [-0.1, -0.05) is 13.8 Å². The first-order valence-corrected chi connectivity index (χ1v) is 6.10. The summed E-state index contributed by atoms with van der Waals surface area (Å²) >= 11 is 0. The number of nitrogens with two attached hydrogens (primary N) is 1. The Morgan fingerprint density at radius 1 is 1.27 bits per heavy atom.